The molecular weight excluding hydrogens is 168 g/mol. The molecular formula is C14H32. The molecule has 0 heterocycles. The van der Waals surface area contributed by atoms with Crippen molar-refractivity contribution >= 4 is 0 Å². The zero-order chi connectivity index (χ0) is 12.2. The van der Waals surface area contributed by atoms with Crippen molar-refractivity contribution in [1.29, 1.82) is 0 Å². The van der Waals surface area contributed by atoms with Gasteiger partial charge in [-0.3, -0.25) is 0 Å². The Hall–Kier alpha value is -0.260. The second-order valence-corrected chi connectivity index (χ2v) is 4.93. The van der Waals surface area contributed by atoms with E-state index in [1.807, 2.05) is 6.92 Å². The number of hydrogen-bond donors (Lipinski definition) is 0. The van der Waals surface area contributed by atoms with Crippen LogP contribution in [0.15, 0.2) is 12.7 Å². The molecule has 0 aliphatic heterocycles. The van der Waals surface area contributed by atoms with E-state index < -0.39 is 0 Å². The minimum absolute atomic E-state index is 0.500. The lowest BCUT2D eigenvalue weighted by molar-refractivity contribution is 0.283. The Balaban J connectivity index is -0.000000147. The van der Waals surface area contributed by atoms with Gasteiger partial charge in [-0.05, 0) is 18.3 Å². The van der Waals surface area contributed by atoms with E-state index in [0.29, 0.717) is 5.41 Å². The Bertz CT molecular complexity index is 91.1. The van der Waals surface area contributed by atoms with E-state index in [4.69, 9.17) is 0 Å². The number of allylic oxidation sites excluding steroid dienone is 1. The van der Waals surface area contributed by atoms with E-state index in [1.54, 1.807) is 6.08 Å². The standard InChI is InChI=1S/C7H16.C4H10.C3H6/c1-6(2)7(3,4)5;1-3-4-2;1-3-2/h6H,1-5H3;3-4H2,1-2H3;3H,1H2,2H3. The first-order valence-electron chi connectivity index (χ1n) is 5.84. The van der Waals surface area contributed by atoms with E-state index in [0.717, 1.165) is 5.92 Å². The van der Waals surface area contributed by atoms with Gasteiger partial charge in [0.2, 0.25) is 0 Å². The molecule has 0 radical (unpaired) electrons. The smallest absolute Gasteiger partial charge is 0.0360 e. The first-order valence-corrected chi connectivity index (χ1v) is 5.84. The average molecular weight is 200 g/mol. The highest BCUT2D eigenvalue weighted by molar-refractivity contribution is 4.64. The monoisotopic (exact) mass is 200 g/mol. The first kappa shape index (κ1) is 19.3. The molecule has 0 aliphatic carbocycles. The van der Waals surface area contributed by atoms with Crippen molar-refractivity contribution < 1.29 is 0 Å². The van der Waals surface area contributed by atoms with Crippen LogP contribution in [0, 0.1) is 11.3 Å². The van der Waals surface area contributed by atoms with Gasteiger partial charge in [-0.2, -0.15) is 0 Å². The van der Waals surface area contributed by atoms with Crippen molar-refractivity contribution in [1.82, 2.24) is 0 Å². The van der Waals surface area contributed by atoms with Gasteiger partial charge < -0.3 is 0 Å². The molecule has 0 rings (SSSR count). The quantitative estimate of drug-likeness (QED) is 0.477. The van der Waals surface area contributed by atoms with Crippen LogP contribution in [0.5, 0.6) is 0 Å². The predicted octanol–water partition coefficient (Wildman–Crippen LogP) is 5.69. The highest BCUT2D eigenvalue weighted by Gasteiger charge is 2.13. The summed E-state index contributed by atoms with van der Waals surface area (Å²) in [6.45, 7) is 20.9. The summed E-state index contributed by atoms with van der Waals surface area (Å²) in [5.41, 5.74) is 0.500. The van der Waals surface area contributed by atoms with Crippen molar-refractivity contribution in [2.45, 2.75) is 68.2 Å². The molecule has 0 N–H and O–H groups in total. The zero-order valence-electron chi connectivity index (χ0n) is 11.8. The fraction of sp³-hybridized carbons (Fsp3) is 0.857. The van der Waals surface area contributed by atoms with Crippen molar-refractivity contribution in [3.63, 3.8) is 0 Å². The second-order valence-electron chi connectivity index (χ2n) is 4.93. The Morgan fingerprint density at radius 1 is 1.07 bits per heavy atom. The molecule has 0 heteroatoms. The highest BCUT2D eigenvalue weighted by Crippen LogP contribution is 2.23. The van der Waals surface area contributed by atoms with Crippen molar-refractivity contribution in [2.75, 3.05) is 0 Å². The third-order valence-corrected chi connectivity index (χ3v) is 2.23. The summed E-state index contributed by atoms with van der Waals surface area (Å²) in [4.78, 5) is 0. The molecule has 0 nitrogen and oxygen atoms in total. The van der Waals surface area contributed by atoms with Gasteiger partial charge in [0.1, 0.15) is 0 Å². The van der Waals surface area contributed by atoms with Crippen LogP contribution in [0.2, 0.25) is 0 Å². The highest BCUT2D eigenvalue weighted by atomic mass is 14.2. The largest absolute Gasteiger partial charge is 0.103 e. The minimum atomic E-state index is 0.500. The number of unbranched alkanes of at least 4 members (excludes halogenated alkanes) is 1. The fourth-order valence-corrected chi connectivity index (χ4v) is 0. The van der Waals surface area contributed by atoms with Gasteiger partial charge in [0.15, 0.2) is 0 Å². The van der Waals surface area contributed by atoms with Crippen LogP contribution in [0.3, 0.4) is 0 Å². The molecule has 0 amide bonds. The molecule has 0 aromatic rings. The summed E-state index contributed by atoms with van der Waals surface area (Å²) >= 11 is 0. The van der Waals surface area contributed by atoms with Crippen LogP contribution in [0.1, 0.15) is 68.2 Å². The molecule has 0 saturated carbocycles. The molecule has 0 aliphatic rings. The molecule has 0 bridgehead atoms. The Morgan fingerprint density at radius 3 is 1.21 bits per heavy atom. The summed E-state index contributed by atoms with van der Waals surface area (Å²) in [5.74, 6) is 0.799. The number of hydrogen-bond acceptors (Lipinski definition) is 0. The normalized spacial score (nSPS) is 9.50. The van der Waals surface area contributed by atoms with Gasteiger partial charge in [0.05, 0.1) is 0 Å². The SMILES string of the molecule is C=CC.CC(C)C(C)(C)C.CCCC. The van der Waals surface area contributed by atoms with E-state index in [-0.39, 0.29) is 0 Å². The van der Waals surface area contributed by atoms with Gasteiger partial charge in [-0.1, -0.05) is 67.4 Å². The molecule has 0 spiro atoms. The molecule has 14 heavy (non-hydrogen) atoms. The summed E-state index contributed by atoms with van der Waals surface area (Å²) in [5, 5.41) is 0. The first-order chi connectivity index (χ1) is 6.27. The fourth-order valence-electron chi connectivity index (χ4n) is 0. The molecule has 0 unspecified atom stereocenters. The maximum absolute atomic E-state index is 3.36. The lowest BCUT2D eigenvalue weighted by Crippen LogP contribution is -2.12. The van der Waals surface area contributed by atoms with Gasteiger partial charge >= 0.3 is 0 Å². The van der Waals surface area contributed by atoms with E-state index in [2.05, 4.69) is 55.0 Å². The minimum Gasteiger partial charge on any atom is -0.103 e. The molecule has 0 aromatic heterocycles. The lowest BCUT2D eigenvalue weighted by Gasteiger charge is -2.22. The zero-order valence-corrected chi connectivity index (χ0v) is 11.8. The molecule has 88 valence electrons. The molecule has 0 atom stereocenters. The summed E-state index contributed by atoms with van der Waals surface area (Å²) in [6.07, 6.45) is 4.39. The molecule has 0 aromatic carbocycles. The third-order valence-electron chi connectivity index (χ3n) is 2.23. The van der Waals surface area contributed by atoms with Crippen LogP contribution in [-0.2, 0) is 0 Å². The third kappa shape index (κ3) is 29.8. The van der Waals surface area contributed by atoms with Gasteiger partial charge in [-0.25, -0.2) is 0 Å². The van der Waals surface area contributed by atoms with E-state index in [1.165, 1.54) is 12.8 Å². The van der Waals surface area contributed by atoms with Crippen molar-refractivity contribution in [2.24, 2.45) is 11.3 Å². The average Bonchev–Trinajstić information content (AvgIpc) is 2.04. The van der Waals surface area contributed by atoms with E-state index >= 15 is 0 Å². The topological polar surface area (TPSA) is 0 Å². The maximum Gasteiger partial charge on any atom is -0.0360 e. The van der Waals surface area contributed by atoms with Gasteiger partial charge in [0.25, 0.3) is 0 Å². The Labute approximate surface area is 92.8 Å². The molecule has 0 saturated heterocycles. The van der Waals surface area contributed by atoms with Crippen LogP contribution >= 0.6 is 0 Å². The van der Waals surface area contributed by atoms with Crippen LogP contribution in [0.4, 0.5) is 0 Å². The number of rotatable bonds is 1. The Kier molecular flexibility index (Phi) is 17.6. The van der Waals surface area contributed by atoms with E-state index in [9.17, 15) is 0 Å². The lowest BCUT2D eigenvalue weighted by atomic mass is 9.84. The Morgan fingerprint density at radius 2 is 1.21 bits per heavy atom. The van der Waals surface area contributed by atoms with Gasteiger partial charge in [-0.15, -0.1) is 6.58 Å². The van der Waals surface area contributed by atoms with Crippen LogP contribution in [0.25, 0.3) is 0 Å². The molecule has 0 fully saturated rings. The summed E-state index contributed by atoms with van der Waals surface area (Å²) in [6, 6.07) is 0. The predicted molar refractivity (Wildman–Crippen MR) is 70.7 cm³/mol. The van der Waals surface area contributed by atoms with Gasteiger partial charge in [0, 0.05) is 0 Å². The van der Waals surface area contributed by atoms with Crippen molar-refractivity contribution in [3.8, 4) is 0 Å². The van der Waals surface area contributed by atoms with Crippen LogP contribution < -0.4 is 0 Å². The van der Waals surface area contributed by atoms with Crippen LogP contribution in [-0.4, -0.2) is 0 Å². The summed E-state index contributed by atoms with van der Waals surface area (Å²) < 4.78 is 0. The van der Waals surface area contributed by atoms with Crippen molar-refractivity contribution in [3.05, 3.63) is 12.7 Å². The summed E-state index contributed by atoms with van der Waals surface area (Å²) in [7, 11) is 0. The maximum atomic E-state index is 3.36. The second kappa shape index (κ2) is 12.7.